The molecule has 0 radical (unpaired) electrons. The van der Waals surface area contributed by atoms with Gasteiger partial charge in [-0.3, -0.25) is 4.79 Å². The van der Waals surface area contributed by atoms with E-state index in [-0.39, 0.29) is 5.91 Å². The number of rotatable bonds is 4. The zero-order valence-electron chi connectivity index (χ0n) is 9.50. The maximum atomic E-state index is 11.8. The van der Waals surface area contributed by atoms with E-state index in [1.807, 2.05) is 6.92 Å². The SMILES string of the molecule is Cc1[nH]c(=S)sc1CC(=O)NC(C)C1CC1. The van der Waals surface area contributed by atoms with E-state index in [4.69, 9.17) is 12.2 Å². The molecule has 3 nitrogen and oxygen atoms in total. The van der Waals surface area contributed by atoms with Crippen LogP contribution in [0.4, 0.5) is 0 Å². The van der Waals surface area contributed by atoms with E-state index in [0.717, 1.165) is 14.5 Å². The first-order valence-corrected chi connectivity index (χ1v) is 6.76. The third-order valence-corrected chi connectivity index (χ3v) is 4.30. The minimum atomic E-state index is 0.104. The third kappa shape index (κ3) is 2.92. The van der Waals surface area contributed by atoms with Gasteiger partial charge in [0.2, 0.25) is 5.91 Å². The van der Waals surface area contributed by atoms with Crippen LogP contribution in [0.3, 0.4) is 0 Å². The summed E-state index contributed by atoms with van der Waals surface area (Å²) in [5.41, 5.74) is 1.02. The minimum absolute atomic E-state index is 0.104. The standard InChI is InChI=1S/C11H16N2OS2/c1-6(8-3-4-8)12-10(14)5-9-7(2)13-11(15)16-9/h6,8H,3-5H2,1-2H3,(H,12,14)(H,13,15). The molecule has 2 rings (SSSR count). The Bertz CT molecular complexity index is 445. The molecule has 1 fully saturated rings. The molecule has 1 atom stereocenters. The number of aromatic amines is 1. The first-order valence-electron chi connectivity index (χ1n) is 5.54. The second-order valence-corrected chi connectivity index (χ2v) is 6.20. The first-order chi connectivity index (χ1) is 7.56. The van der Waals surface area contributed by atoms with Crippen molar-refractivity contribution in [1.29, 1.82) is 0 Å². The lowest BCUT2D eigenvalue weighted by Crippen LogP contribution is -2.35. The van der Waals surface area contributed by atoms with Gasteiger partial charge in [-0.2, -0.15) is 0 Å². The van der Waals surface area contributed by atoms with Crippen LogP contribution < -0.4 is 5.32 Å². The van der Waals surface area contributed by atoms with E-state index in [1.54, 1.807) is 0 Å². The molecule has 0 spiro atoms. The predicted molar refractivity (Wildman–Crippen MR) is 68.3 cm³/mol. The molecular formula is C11H16N2OS2. The van der Waals surface area contributed by atoms with E-state index in [2.05, 4.69) is 17.2 Å². The number of hydrogen-bond donors (Lipinski definition) is 2. The molecule has 1 amide bonds. The zero-order valence-corrected chi connectivity index (χ0v) is 11.1. The number of nitrogens with one attached hydrogen (secondary N) is 2. The lowest BCUT2D eigenvalue weighted by Gasteiger charge is -2.12. The molecule has 1 unspecified atom stereocenters. The Morgan fingerprint density at radius 3 is 2.88 bits per heavy atom. The predicted octanol–water partition coefficient (Wildman–Crippen LogP) is 2.57. The smallest absolute Gasteiger partial charge is 0.225 e. The Hall–Kier alpha value is -0.680. The van der Waals surface area contributed by atoms with Crippen molar-refractivity contribution in [2.45, 2.75) is 39.2 Å². The van der Waals surface area contributed by atoms with Gasteiger partial charge in [0.15, 0.2) is 3.95 Å². The number of aryl methyl sites for hydroxylation is 1. The number of carbonyl (C=O) groups excluding carboxylic acids is 1. The van der Waals surface area contributed by atoms with Gasteiger partial charge < -0.3 is 10.3 Å². The Morgan fingerprint density at radius 2 is 2.38 bits per heavy atom. The normalized spacial score (nSPS) is 17.1. The second-order valence-electron chi connectivity index (χ2n) is 4.43. The molecule has 1 aromatic rings. The molecule has 2 N–H and O–H groups in total. The molecule has 1 aliphatic rings. The summed E-state index contributed by atoms with van der Waals surface area (Å²) in [5, 5.41) is 3.05. The van der Waals surface area contributed by atoms with E-state index in [9.17, 15) is 4.79 Å². The number of amides is 1. The Labute approximate surface area is 104 Å². The fourth-order valence-electron chi connectivity index (χ4n) is 1.77. The van der Waals surface area contributed by atoms with Crippen LogP contribution in [-0.2, 0) is 11.2 Å². The lowest BCUT2D eigenvalue weighted by molar-refractivity contribution is -0.121. The van der Waals surface area contributed by atoms with Crippen LogP contribution in [0.1, 0.15) is 30.3 Å². The van der Waals surface area contributed by atoms with Crippen molar-refractivity contribution < 1.29 is 4.79 Å². The molecule has 0 aromatic carbocycles. The van der Waals surface area contributed by atoms with E-state index in [0.29, 0.717) is 18.4 Å². The van der Waals surface area contributed by atoms with Crippen LogP contribution in [0.2, 0.25) is 0 Å². The van der Waals surface area contributed by atoms with Gasteiger partial charge in [-0.05, 0) is 44.8 Å². The molecule has 1 aromatic heterocycles. The van der Waals surface area contributed by atoms with Crippen molar-refractivity contribution in [2.24, 2.45) is 5.92 Å². The molecule has 1 heterocycles. The quantitative estimate of drug-likeness (QED) is 0.813. The third-order valence-electron chi connectivity index (χ3n) is 2.96. The van der Waals surface area contributed by atoms with Crippen LogP contribution in [0.15, 0.2) is 0 Å². The summed E-state index contributed by atoms with van der Waals surface area (Å²) < 4.78 is 0.746. The monoisotopic (exact) mass is 256 g/mol. The summed E-state index contributed by atoms with van der Waals surface area (Å²) in [6.45, 7) is 4.04. The van der Waals surface area contributed by atoms with Gasteiger partial charge in [0.05, 0.1) is 6.42 Å². The highest BCUT2D eigenvalue weighted by molar-refractivity contribution is 7.73. The average molecular weight is 256 g/mol. The fourth-order valence-corrected chi connectivity index (χ4v) is 3.06. The van der Waals surface area contributed by atoms with E-state index in [1.165, 1.54) is 24.2 Å². The number of hydrogen-bond acceptors (Lipinski definition) is 3. The van der Waals surface area contributed by atoms with Crippen molar-refractivity contribution in [3.63, 3.8) is 0 Å². The van der Waals surface area contributed by atoms with Gasteiger partial charge >= 0.3 is 0 Å². The van der Waals surface area contributed by atoms with Crippen molar-refractivity contribution in [3.05, 3.63) is 14.5 Å². The number of carbonyl (C=O) groups is 1. The van der Waals surface area contributed by atoms with Gasteiger partial charge in [0.1, 0.15) is 0 Å². The van der Waals surface area contributed by atoms with Crippen molar-refractivity contribution in [3.8, 4) is 0 Å². The lowest BCUT2D eigenvalue weighted by atomic mass is 10.2. The van der Waals surface area contributed by atoms with Crippen LogP contribution in [-0.4, -0.2) is 16.9 Å². The average Bonchev–Trinajstić information content (AvgIpc) is 2.95. The Kier molecular flexibility index (Phi) is 3.44. The summed E-state index contributed by atoms with van der Waals surface area (Å²) >= 11 is 6.54. The van der Waals surface area contributed by atoms with Gasteiger partial charge in [-0.25, -0.2) is 0 Å². The van der Waals surface area contributed by atoms with Crippen LogP contribution in [0.25, 0.3) is 0 Å². The Balaban J connectivity index is 1.91. The number of thiazole rings is 1. The molecule has 0 saturated heterocycles. The summed E-state index contributed by atoms with van der Waals surface area (Å²) in [6.07, 6.45) is 2.95. The summed E-state index contributed by atoms with van der Waals surface area (Å²) in [6, 6.07) is 0.319. The highest BCUT2D eigenvalue weighted by Gasteiger charge is 2.28. The van der Waals surface area contributed by atoms with Gasteiger partial charge in [-0.15, -0.1) is 11.3 Å². The van der Waals surface area contributed by atoms with Crippen molar-refractivity contribution in [1.82, 2.24) is 10.3 Å². The van der Waals surface area contributed by atoms with Gasteiger partial charge in [0.25, 0.3) is 0 Å². The maximum Gasteiger partial charge on any atom is 0.225 e. The minimum Gasteiger partial charge on any atom is -0.353 e. The topological polar surface area (TPSA) is 44.9 Å². The highest BCUT2D eigenvalue weighted by atomic mass is 32.1. The van der Waals surface area contributed by atoms with Crippen LogP contribution in [0, 0.1) is 16.8 Å². The van der Waals surface area contributed by atoms with E-state index < -0.39 is 0 Å². The van der Waals surface area contributed by atoms with Crippen LogP contribution >= 0.6 is 23.6 Å². The first kappa shape index (κ1) is 11.8. The molecule has 16 heavy (non-hydrogen) atoms. The highest BCUT2D eigenvalue weighted by Crippen LogP contribution is 2.32. The van der Waals surface area contributed by atoms with Crippen molar-refractivity contribution in [2.75, 3.05) is 0 Å². The number of aromatic nitrogens is 1. The summed E-state index contributed by atoms with van der Waals surface area (Å²) in [4.78, 5) is 15.9. The van der Waals surface area contributed by atoms with Gasteiger partial charge in [-0.1, -0.05) is 0 Å². The molecule has 1 aliphatic carbocycles. The number of H-pyrrole nitrogens is 1. The molecule has 0 aliphatic heterocycles. The molecule has 88 valence electrons. The van der Waals surface area contributed by atoms with Gasteiger partial charge in [0, 0.05) is 16.6 Å². The van der Waals surface area contributed by atoms with Crippen molar-refractivity contribution >= 4 is 29.5 Å². The molecule has 5 heteroatoms. The summed E-state index contributed by atoms with van der Waals surface area (Å²) in [7, 11) is 0. The molecular weight excluding hydrogens is 240 g/mol. The molecule has 1 saturated carbocycles. The Morgan fingerprint density at radius 1 is 1.69 bits per heavy atom. The molecule has 0 bridgehead atoms. The van der Waals surface area contributed by atoms with Crippen LogP contribution in [0.5, 0.6) is 0 Å². The maximum absolute atomic E-state index is 11.8. The zero-order chi connectivity index (χ0) is 11.7. The summed E-state index contributed by atoms with van der Waals surface area (Å²) in [5.74, 6) is 0.808. The second kappa shape index (κ2) is 4.67. The largest absolute Gasteiger partial charge is 0.353 e. The van der Waals surface area contributed by atoms with E-state index >= 15 is 0 Å². The fraction of sp³-hybridized carbons (Fsp3) is 0.636.